The van der Waals surface area contributed by atoms with Crippen molar-refractivity contribution in [1.82, 2.24) is 5.32 Å². The normalized spacial score (nSPS) is 16.6. The van der Waals surface area contributed by atoms with Crippen LogP contribution >= 0.6 is 11.6 Å². The van der Waals surface area contributed by atoms with Crippen molar-refractivity contribution in [1.29, 1.82) is 0 Å². The summed E-state index contributed by atoms with van der Waals surface area (Å²) < 4.78 is 19.1. The summed E-state index contributed by atoms with van der Waals surface area (Å²) in [6, 6.07) is 9.80. The van der Waals surface area contributed by atoms with Gasteiger partial charge in [-0.15, -0.1) is 0 Å². The smallest absolute Gasteiger partial charge is 0.254 e. The minimum Gasteiger partial charge on any atom is -0.497 e. The zero-order valence-electron chi connectivity index (χ0n) is 12.7. The number of fused-ring (bicyclic) bond motifs is 1. The Bertz CT molecular complexity index is 748. The Balaban J connectivity index is 1.83. The van der Waals surface area contributed by atoms with Gasteiger partial charge in [-0.1, -0.05) is 17.7 Å². The van der Waals surface area contributed by atoms with Crippen LogP contribution in [0.1, 0.15) is 40.4 Å². The Kier molecular flexibility index (Phi) is 4.53. The van der Waals surface area contributed by atoms with Crippen molar-refractivity contribution in [3.05, 3.63) is 63.9 Å². The molecule has 2 aromatic carbocycles. The average molecular weight is 334 g/mol. The molecule has 0 heterocycles. The van der Waals surface area contributed by atoms with Gasteiger partial charge in [-0.05, 0) is 60.7 Å². The number of methoxy groups -OCH3 is 1. The van der Waals surface area contributed by atoms with Gasteiger partial charge in [0.2, 0.25) is 0 Å². The first-order valence-corrected chi connectivity index (χ1v) is 7.89. The Morgan fingerprint density at radius 1 is 1.30 bits per heavy atom. The van der Waals surface area contributed by atoms with Gasteiger partial charge in [0.05, 0.1) is 18.7 Å². The van der Waals surface area contributed by atoms with E-state index in [-0.39, 0.29) is 16.6 Å². The van der Waals surface area contributed by atoms with Crippen LogP contribution in [0.5, 0.6) is 5.75 Å². The second-order valence-electron chi connectivity index (χ2n) is 5.61. The van der Waals surface area contributed by atoms with Crippen LogP contribution in [0.3, 0.4) is 0 Å². The van der Waals surface area contributed by atoms with Crippen LogP contribution in [-0.2, 0) is 6.42 Å². The van der Waals surface area contributed by atoms with Crippen molar-refractivity contribution in [2.75, 3.05) is 7.11 Å². The Labute approximate surface area is 139 Å². The molecule has 0 bridgehead atoms. The van der Waals surface area contributed by atoms with Crippen LogP contribution in [0, 0.1) is 5.82 Å². The third-order valence-corrected chi connectivity index (χ3v) is 4.38. The van der Waals surface area contributed by atoms with Crippen molar-refractivity contribution in [2.45, 2.75) is 25.3 Å². The van der Waals surface area contributed by atoms with E-state index in [1.54, 1.807) is 7.11 Å². The largest absolute Gasteiger partial charge is 0.497 e. The number of carbonyl (C=O) groups is 1. The van der Waals surface area contributed by atoms with E-state index < -0.39 is 11.7 Å². The highest BCUT2D eigenvalue weighted by molar-refractivity contribution is 6.30. The second-order valence-corrected chi connectivity index (χ2v) is 6.04. The Morgan fingerprint density at radius 2 is 2.13 bits per heavy atom. The van der Waals surface area contributed by atoms with E-state index in [0.717, 1.165) is 42.2 Å². The number of hydrogen-bond donors (Lipinski definition) is 1. The summed E-state index contributed by atoms with van der Waals surface area (Å²) in [6.07, 6.45) is 2.75. The van der Waals surface area contributed by atoms with Gasteiger partial charge in [0.1, 0.15) is 11.6 Å². The number of ether oxygens (including phenoxy) is 1. The number of aryl methyl sites for hydroxylation is 1. The van der Waals surface area contributed by atoms with Gasteiger partial charge in [0.15, 0.2) is 0 Å². The molecule has 3 rings (SSSR count). The zero-order chi connectivity index (χ0) is 16.4. The highest BCUT2D eigenvalue weighted by Crippen LogP contribution is 2.32. The van der Waals surface area contributed by atoms with Crippen molar-refractivity contribution in [3.63, 3.8) is 0 Å². The Morgan fingerprint density at radius 3 is 2.87 bits per heavy atom. The highest BCUT2D eigenvalue weighted by Gasteiger charge is 2.23. The number of carbonyl (C=O) groups excluding carboxylic acids is 1. The minimum absolute atomic E-state index is 0.00929. The summed E-state index contributed by atoms with van der Waals surface area (Å²) in [5, 5.41) is 3.20. The van der Waals surface area contributed by atoms with E-state index in [1.807, 2.05) is 18.2 Å². The van der Waals surface area contributed by atoms with E-state index in [1.165, 1.54) is 12.1 Å². The van der Waals surface area contributed by atoms with Crippen LogP contribution in [0.2, 0.25) is 5.02 Å². The zero-order valence-corrected chi connectivity index (χ0v) is 13.5. The standard InChI is InChI=1S/C18H17ClFNO2/c1-23-13-6-8-14-11(9-13)3-2-4-17(14)21-18(22)15-7-5-12(19)10-16(15)20/h5-10,17H,2-4H2,1H3,(H,21,22). The summed E-state index contributed by atoms with van der Waals surface area (Å²) in [4.78, 5) is 12.4. The van der Waals surface area contributed by atoms with E-state index in [4.69, 9.17) is 16.3 Å². The van der Waals surface area contributed by atoms with E-state index in [0.29, 0.717) is 0 Å². The van der Waals surface area contributed by atoms with Crippen LogP contribution in [0.4, 0.5) is 4.39 Å². The summed E-state index contributed by atoms with van der Waals surface area (Å²) in [5.74, 6) is -0.229. The van der Waals surface area contributed by atoms with Crippen LogP contribution in [-0.4, -0.2) is 13.0 Å². The average Bonchev–Trinajstić information content (AvgIpc) is 2.54. The third kappa shape index (κ3) is 3.32. The molecule has 1 atom stereocenters. The number of benzene rings is 2. The maximum Gasteiger partial charge on any atom is 0.254 e. The Hall–Kier alpha value is -2.07. The molecule has 1 amide bonds. The monoisotopic (exact) mass is 333 g/mol. The molecule has 1 N–H and O–H groups in total. The lowest BCUT2D eigenvalue weighted by Crippen LogP contribution is -2.31. The molecule has 0 fully saturated rings. The molecule has 120 valence electrons. The topological polar surface area (TPSA) is 38.3 Å². The highest BCUT2D eigenvalue weighted by atomic mass is 35.5. The fourth-order valence-electron chi connectivity index (χ4n) is 2.98. The van der Waals surface area contributed by atoms with Crippen molar-refractivity contribution >= 4 is 17.5 Å². The number of halogens is 2. The SMILES string of the molecule is COc1ccc2c(c1)CCCC2NC(=O)c1ccc(Cl)cc1F. The predicted molar refractivity (Wildman–Crippen MR) is 87.5 cm³/mol. The summed E-state index contributed by atoms with van der Waals surface area (Å²) in [7, 11) is 1.63. The molecule has 0 radical (unpaired) electrons. The number of nitrogens with one attached hydrogen (secondary N) is 1. The molecule has 3 nitrogen and oxygen atoms in total. The number of amides is 1. The molecule has 1 aliphatic rings. The first kappa shape index (κ1) is 15.8. The summed E-state index contributed by atoms with van der Waals surface area (Å²) >= 11 is 5.73. The quantitative estimate of drug-likeness (QED) is 0.909. The molecule has 0 spiro atoms. The van der Waals surface area contributed by atoms with Gasteiger partial charge in [-0.2, -0.15) is 0 Å². The van der Waals surface area contributed by atoms with Gasteiger partial charge < -0.3 is 10.1 Å². The first-order valence-electron chi connectivity index (χ1n) is 7.51. The predicted octanol–water partition coefficient (Wildman–Crippen LogP) is 4.30. The lowest BCUT2D eigenvalue weighted by molar-refractivity contribution is 0.0928. The molecule has 0 saturated carbocycles. The van der Waals surface area contributed by atoms with Gasteiger partial charge in [0.25, 0.3) is 5.91 Å². The fraction of sp³-hybridized carbons (Fsp3) is 0.278. The molecule has 5 heteroatoms. The lowest BCUT2D eigenvalue weighted by Gasteiger charge is -2.27. The van der Waals surface area contributed by atoms with Gasteiger partial charge in [-0.3, -0.25) is 4.79 Å². The fourth-order valence-corrected chi connectivity index (χ4v) is 3.14. The van der Waals surface area contributed by atoms with E-state index in [2.05, 4.69) is 5.32 Å². The first-order chi connectivity index (χ1) is 11.1. The van der Waals surface area contributed by atoms with Gasteiger partial charge in [0, 0.05) is 5.02 Å². The van der Waals surface area contributed by atoms with Crippen LogP contribution in [0.25, 0.3) is 0 Å². The third-order valence-electron chi connectivity index (χ3n) is 4.15. The van der Waals surface area contributed by atoms with Crippen molar-refractivity contribution in [2.24, 2.45) is 0 Å². The molecule has 1 aliphatic carbocycles. The lowest BCUT2D eigenvalue weighted by atomic mass is 9.87. The van der Waals surface area contributed by atoms with Crippen LogP contribution < -0.4 is 10.1 Å². The molecular formula is C18H17ClFNO2. The second kappa shape index (κ2) is 6.59. The molecule has 2 aromatic rings. The molecule has 23 heavy (non-hydrogen) atoms. The van der Waals surface area contributed by atoms with Crippen molar-refractivity contribution < 1.29 is 13.9 Å². The molecule has 0 aromatic heterocycles. The molecule has 1 unspecified atom stereocenters. The van der Waals surface area contributed by atoms with Gasteiger partial charge in [-0.25, -0.2) is 4.39 Å². The number of hydrogen-bond acceptors (Lipinski definition) is 2. The molecule has 0 saturated heterocycles. The minimum atomic E-state index is -0.610. The summed E-state index contributed by atoms with van der Waals surface area (Å²) in [6.45, 7) is 0. The maximum absolute atomic E-state index is 13.9. The maximum atomic E-state index is 13.9. The van der Waals surface area contributed by atoms with E-state index in [9.17, 15) is 9.18 Å². The molecule has 0 aliphatic heterocycles. The van der Waals surface area contributed by atoms with Crippen molar-refractivity contribution in [3.8, 4) is 5.75 Å². The molecular weight excluding hydrogens is 317 g/mol. The van der Waals surface area contributed by atoms with E-state index >= 15 is 0 Å². The summed E-state index contributed by atoms with van der Waals surface area (Å²) in [5.41, 5.74) is 2.24. The van der Waals surface area contributed by atoms with Crippen LogP contribution in [0.15, 0.2) is 36.4 Å². The number of rotatable bonds is 3. The van der Waals surface area contributed by atoms with Gasteiger partial charge >= 0.3 is 0 Å².